The van der Waals surface area contributed by atoms with Crippen molar-refractivity contribution in [1.29, 1.82) is 0 Å². The summed E-state index contributed by atoms with van der Waals surface area (Å²) in [6, 6.07) is 10.1. The van der Waals surface area contributed by atoms with Gasteiger partial charge in [0.05, 0.1) is 12.5 Å². The molecular formula is C16H19N3OS. The van der Waals surface area contributed by atoms with E-state index in [0.29, 0.717) is 6.54 Å². The minimum absolute atomic E-state index is 0.136. The normalized spacial score (nSPS) is 18.8. The second kappa shape index (κ2) is 6.37. The summed E-state index contributed by atoms with van der Waals surface area (Å²) in [5, 5.41) is 4.03. The van der Waals surface area contributed by atoms with Crippen molar-refractivity contribution in [2.45, 2.75) is 13.0 Å². The minimum atomic E-state index is 0.136. The Morgan fingerprint density at radius 3 is 2.95 bits per heavy atom. The first-order valence-corrected chi connectivity index (χ1v) is 8.00. The lowest BCUT2D eigenvalue weighted by molar-refractivity contribution is -0.124. The Hall–Kier alpha value is -1.72. The van der Waals surface area contributed by atoms with Crippen molar-refractivity contribution in [2.75, 3.05) is 20.1 Å². The van der Waals surface area contributed by atoms with Crippen LogP contribution in [0.5, 0.6) is 0 Å². The monoisotopic (exact) mass is 301 g/mol. The summed E-state index contributed by atoms with van der Waals surface area (Å²) in [7, 11) is 2.06. The van der Waals surface area contributed by atoms with Crippen LogP contribution in [-0.4, -0.2) is 35.9 Å². The fourth-order valence-corrected chi connectivity index (χ4v) is 3.43. The van der Waals surface area contributed by atoms with Crippen molar-refractivity contribution in [3.05, 3.63) is 41.4 Å². The second-order valence-corrected chi connectivity index (χ2v) is 6.58. The van der Waals surface area contributed by atoms with Crippen molar-refractivity contribution in [2.24, 2.45) is 5.92 Å². The number of hydrogen-bond acceptors (Lipinski definition) is 4. The molecule has 1 fully saturated rings. The molecule has 21 heavy (non-hydrogen) atoms. The van der Waals surface area contributed by atoms with E-state index in [0.717, 1.165) is 35.0 Å². The Morgan fingerprint density at radius 2 is 2.24 bits per heavy atom. The maximum atomic E-state index is 12.1. The van der Waals surface area contributed by atoms with Gasteiger partial charge in [-0.2, -0.15) is 0 Å². The van der Waals surface area contributed by atoms with Crippen LogP contribution in [0.1, 0.15) is 11.3 Å². The van der Waals surface area contributed by atoms with Gasteiger partial charge in [-0.05, 0) is 20.0 Å². The quantitative estimate of drug-likeness (QED) is 0.943. The first kappa shape index (κ1) is 14.2. The zero-order valence-electron chi connectivity index (χ0n) is 12.1. The largest absolute Gasteiger partial charge is 0.351 e. The lowest BCUT2D eigenvalue weighted by Crippen LogP contribution is -2.31. The molecule has 0 saturated carbocycles. The molecule has 1 aliphatic heterocycles. The van der Waals surface area contributed by atoms with Gasteiger partial charge in [0.25, 0.3) is 0 Å². The third-order valence-corrected chi connectivity index (χ3v) is 4.82. The molecule has 1 amide bonds. The molecule has 1 atom stereocenters. The average molecular weight is 301 g/mol. The van der Waals surface area contributed by atoms with Crippen molar-refractivity contribution >= 4 is 17.2 Å². The summed E-state index contributed by atoms with van der Waals surface area (Å²) in [5.74, 6) is 0.297. The van der Waals surface area contributed by atoms with Gasteiger partial charge in [-0.25, -0.2) is 4.98 Å². The van der Waals surface area contributed by atoms with E-state index in [-0.39, 0.29) is 11.8 Å². The highest BCUT2D eigenvalue weighted by Gasteiger charge is 2.25. The SMILES string of the molecule is CN1CCC(C(=O)NCc2cnc(-c3ccccc3)s2)C1. The Labute approximate surface area is 128 Å². The zero-order valence-corrected chi connectivity index (χ0v) is 12.9. The van der Waals surface area contributed by atoms with Crippen molar-refractivity contribution in [3.63, 3.8) is 0 Å². The molecule has 2 heterocycles. The number of thiazole rings is 1. The van der Waals surface area contributed by atoms with E-state index in [1.807, 2.05) is 24.4 Å². The smallest absolute Gasteiger partial charge is 0.224 e. The number of carbonyl (C=O) groups is 1. The number of hydrogen-bond donors (Lipinski definition) is 1. The highest BCUT2D eigenvalue weighted by Crippen LogP contribution is 2.24. The van der Waals surface area contributed by atoms with Crippen LogP contribution in [-0.2, 0) is 11.3 Å². The van der Waals surface area contributed by atoms with Gasteiger partial charge < -0.3 is 10.2 Å². The summed E-state index contributed by atoms with van der Waals surface area (Å²) in [4.78, 5) is 19.8. The molecule has 0 spiro atoms. The minimum Gasteiger partial charge on any atom is -0.351 e. The topological polar surface area (TPSA) is 45.2 Å². The van der Waals surface area contributed by atoms with Gasteiger partial charge in [-0.15, -0.1) is 11.3 Å². The summed E-state index contributed by atoms with van der Waals surface area (Å²) in [6.45, 7) is 2.45. The second-order valence-electron chi connectivity index (χ2n) is 5.46. The molecular weight excluding hydrogens is 282 g/mol. The molecule has 0 radical (unpaired) electrons. The number of likely N-dealkylation sites (tertiary alicyclic amines) is 1. The van der Waals surface area contributed by atoms with Crippen LogP contribution in [0.2, 0.25) is 0 Å². The van der Waals surface area contributed by atoms with Crippen molar-refractivity contribution < 1.29 is 4.79 Å². The van der Waals surface area contributed by atoms with E-state index in [4.69, 9.17) is 0 Å². The molecule has 3 rings (SSSR count). The first-order valence-electron chi connectivity index (χ1n) is 7.19. The molecule has 1 aromatic carbocycles. The summed E-state index contributed by atoms with van der Waals surface area (Å²) >= 11 is 1.63. The molecule has 1 aliphatic rings. The molecule has 1 unspecified atom stereocenters. The van der Waals surface area contributed by atoms with Crippen LogP contribution in [0.3, 0.4) is 0 Å². The van der Waals surface area contributed by atoms with E-state index < -0.39 is 0 Å². The number of carbonyl (C=O) groups excluding carboxylic acids is 1. The third kappa shape index (κ3) is 3.49. The molecule has 0 bridgehead atoms. The zero-order chi connectivity index (χ0) is 14.7. The van der Waals surface area contributed by atoms with E-state index in [9.17, 15) is 4.79 Å². The van der Waals surface area contributed by atoms with Gasteiger partial charge in [-0.1, -0.05) is 30.3 Å². The summed E-state index contributed by atoms with van der Waals surface area (Å²) < 4.78 is 0. The molecule has 4 nitrogen and oxygen atoms in total. The van der Waals surface area contributed by atoms with Gasteiger partial charge in [0.2, 0.25) is 5.91 Å². The highest BCUT2D eigenvalue weighted by molar-refractivity contribution is 7.15. The Balaban J connectivity index is 1.57. The van der Waals surface area contributed by atoms with Crippen LogP contribution in [0.25, 0.3) is 10.6 Å². The molecule has 1 N–H and O–H groups in total. The number of amides is 1. The van der Waals surface area contributed by atoms with Crippen LogP contribution in [0, 0.1) is 5.92 Å². The van der Waals surface area contributed by atoms with E-state index in [2.05, 4.69) is 34.4 Å². The lowest BCUT2D eigenvalue weighted by atomic mass is 10.1. The Bertz CT molecular complexity index is 611. The number of benzene rings is 1. The molecule has 2 aromatic rings. The highest BCUT2D eigenvalue weighted by atomic mass is 32.1. The molecule has 0 aliphatic carbocycles. The fourth-order valence-electron chi connectivity index (χ4n) is 2.57. The summed E-state index contributed by atoms with van der Waals surface area (Å²) in [5.41, 5.74) is 1.12. The van der Waals surface area contributed by atoms with Crippen LogP contribution in [0.4, 0.5) is 0 Å². The van der Waals surface area contributed by atoms with Gasteiger partial charge in [-0.3, -0.25) is 4.79 Å². The molecule has 5 heteroatoms. The van der Waals surface area contributed by atoms with Crippen LogP contribution in [0.15, 0.2) is 36.5 Å². The number of aromatic nitrogens is 1. The van der Waals surface area contributed by atoms with Crippen molar-refractivity contribution in [1.82, 2.24) is 15.2 Å². The van der Waals surface area contributed by atoms with E-state index in [1.165, 1.54) is 0 Å². The Kier molecular flexibility index (Phi) is 4.31. The summed E-state index contributed by atoms with van der Waals surface area (Å²) in [6.07, 6.45) is 2.81. The number of nitrogens with zero attached hydrogens (tertiary/aromatic N) is 2. The fraction of sp³-hybridized carbons (Fsp3) is 0.375. The molecule has 110 valence electrons. The van der Waals surface area contributed by atoms with Gasteiger partial charge in [0.1, 0.15) is 5.01 Å². The first-order chi connectivity index (χ1) is 10.2. The van der Waals surface area contributed by atoms with Gasteiger partial charge >= 0.3 is 0 Å². The van der Waals surface area contributed by atoms with E-state index in [1.54, 1.807) is 11.3 Å². The predicted octanol–water partition coefficient (Wildman–Crippen LogP) is 2.38. The van der Waals surface area contributed by atoms with Crippen LogP contribution >= 0.6 is 11.3 Å². The molecule has 1 aromatic heterocycles. The third-order valence-electron chi connectivity index (χ3n) is 3.77. The average Bonchev–Trinajstić information content (AvgIpc) is 3.15. The predicted molar refractivity (Wildman–Crippen MR) is 85.0 cm³/mol. The standard InChI is InChI=1S/C16H19N3OS/c1-19-8-7-13(11-19)15(20)17-9-14-10-18-16(21-14)12-5-3-2-4-6-12/h2-6,10,13H,7-9,11H2,1H3,(H,17,20). The Morgan fingerprint density at radius 1 is 1.43 bits per heavy atom. The van der Waals surface area contributed by atoms with Crippen LogP contribution < -0.4 is 5.32 Å². The van der Waals surface area contributed by atoms with Crippen molar-refractivity contribution in [3.8, 4) is 10.6 Å². The molecule has 1 saturated heterocycles. The van der Waals surface area contributed by atoms with Gasteiger partial charge in [0, 0.05) is 23.2 Å². The van der Waals surface area contributed by atoms with E-state index >= 15 is 0 Å². The van der Waals surface area contributed by atoms with Gasteiger partial charge in [0.15, 0.2) is 0 Å². The maximum Gasteiger partial charge on any atom is 0.224 e. The maximum absolute atomic E-state index is 12.1. The number of nitrogens with one attached hydrogen (secondary N) is 1. The number of rotatable bonds is 4. The lowest BCUT2D eigenvalue weighted by Gasteiger charge is -2.10.